The van der Waals surface area contributed by atoms with Gasteiger partial charge in [-0.25, -0.2) is 0 Å². The molecule has 0 aliphatic carbocycles. The van der Waals surface area contributed by atoms with Gasteiger partial charge in [0.15, 0.2) is 0 Å². The van der Waals surface area contributed by atoms with Gasteiger partial charge in [-0.1, -0.05) is 0 Å². The van der Waals surface area contributed by atoms with Gasteiger partial charge < -0.3 is 15.2 Å². The van der Waals surface area contributed by atoms with Gasteiger partial charge in [-0.15, -0.1) is 0 Å². The molecule has 9 heavy (non-hydrogen) atoms. The summed E-state index contributed by atoms with van der Waals surface area (Å²) >= 11 is 0. The van der Waals surface area contributed by atoms with Gasteiger partial charge in [-0.3, -0.25) is 0 Å². The number of carbonyl (C=O) groups is 1. The molecule has 0 spiro atoms. The minimum absolute atomic E-state index is 0.560. The molecule has 3 heteroatoms. The topological polar surface area (TPSA) is 49.3 Å². The maximum Gasteiger partial charge on any atom is 0.148 e. The Morgan fingerprint density at radius 1 is 1.78 bits per heavy atom. The molecular formula is C6H13NO2. The lowest BCUT2D eigenvalue weighted by Crippen LogP contribution is -2.13. The molecule has 0 rings (SSSR count). The van der Waals surface area contributed by atoms with Crippen LogP contribution in [-0.2, 0) is 4.79 Å². The monoisotopic (exact) mass is 131 g/mol. The second kappa shape index (κ2) is 5.72. The molecule has 0 heterocycles. The van der Waals surface area contributed by atoms with Crippen LogP contribution < -0.4 is 5.32 Å². The zero-order chi connectivity index (χ0) is 7.11. The number of carbonyl (C=O) groups excluding carboxylic acids is 1. The van der Waals surface area contributed by atoms with Crippen LogP contribution in [0.5, 0.6) is 0 Å². The van der Waals surface area contributed by atoms with Crippen LogP contribution in [0.25, 0.3) is 0 Å². The molecule has 0 bridgehead atoms. The first-order chi connectivity index (χ1) is 4.31. The van der Waals surface area contributed by atoms with Gasteiger partial charge >= 0.3 is 0 Å². The Hall–Kier alpha value is -0.410. The lowest BCUT2D eigenvalue weighted by atomic mass is 10.2. The molecule has 0 radical (unpaired) electrons. The van der Waals surface area contributed by atoms with E-state index in [1.165, 1.54) is 0 Å². The van der Waals surface area contributed by atoms with E-state index in [0.717, 1.165) is 13.0 Å². The third-order valence-electron chi connectivity index (χ3n) is 1.08. The first-order valence-corrected chi connectivity index (χ1v) is 3.09. The zero-order valence-electron chi connectivity index (χ0n) is 5.63. The van der Waals surface area contributed by atoms with E-state index < -0.39 is 6.10 Å². The van der Waals surface area contributed by atoms with Gasteiger partial charge in [0.1, 0.15) is 12.4 Å². The predicted octanol–water partition coefficient (Wildman–Crippen LogP) is -0.454. The molecule has 0 aromatic carbocycles. The van der Waals surface area contributed by atoms with Gasteiger partial charge in [0.2, 0.25) is 0 Å². The third-order valence-corrected chi connectivity index (χ3v) is 1.08. The van der Waals surface area contributed by atoms with Crippen molar-refractivity contribution in [3.05, 3.63) is 0 Å². The lowest BCUT2D eigenvalue weighted by molar-refractivity contribution is -0.115. The average molecular weight is 131 g/mol. The molecule has 1 unspecified atom stereocenters. The summed E-state index contributed by atoms with van der Waals surface area (Å²) in [4.78, 5) is 9.83. The molecule has 0 fully saturated rings. The molecule has 0 saturated heterocycles. The predicted molar refractivity (Wildman–Crippen MR) is 35.2 cm³/mol. The molecule has 0 aliphatic heterocycles. The third kappa shape index (κ3) is 5.46. The SMILES string of the molecule is CNCCCC(O)C=O. The number of aliphatic hydroxyl groups excluding tert-OH is 1. The van der Waals surface area contributed by atoms with E-state index in [9.17, 15) is 4.79 Å². The fraction of sp³-hybridized carbons (Fsp3) is 0.833. The number of rotatable bonds is 5. The second-order valence-corrected chi connectivity index (χ2v) is 1.95. The van der Waals surface area contributed by atoms with Gasteiger partial charge in [-0.2, -0.15) is 0 Å². The average Bonchev–Trinajstić information content (AvgIpc) is 1.89. The van der Waals surface area contributed by atoms with Crippen molar-refractivity contribution in [1.29, 1.82) is 0 Å². The summed E-state index contributed by atoms with van der Waals surface area (Å²) in [7, 11) is 1.84. The van der Waals surface area contributed by atoms with Crippen LogP contribution in [0.15, 0.2) is 0 Å². The summed E-state index contributed by atoms with van der Waals surface area (Å²) in [6.07, 6.45) is 1.20. The van der Waals surface area contributed by atoms with Gasteiger partial charge in [0.05, 0.1) is 0 Å². The molecule has 0 aromatic heterocycles. The van der Waals surface area contributed by atoms with Gasteiger partial charge in [0.25, 0.3) is 0 Å². The van der Waals surface area contributed by atoms with Crippen LogP contribution in [0, 0.1) is 0 Å². The molecular weight excluding hydrogens is 118 g/mol. The van der Waals surface area contributed by atoms with Crippen molar-refractivity contribution >= 4 is 6.29 Å². The standard InChI is InChI=1S/C6H13NO2/c1-7-4-2-3-6(9)5-8/h5-7,9H,2-4H2,1H3. The van der Waals surface area contributed by atoms with Gasteiger partial charge in [0, 0.05) is 0 Å². The number of aliphatic hydroxyl groups is 1. The summed E-state index contributed by atoms with van der Waals surface area (Å²) < 4.78 is 0. The Bertz CT molecular complexity index is 75.5. The van der Waals surface area contributed by atoms with E-state index in [0.29, 0.717) is 12.7 Å². The fourth-order valence-corrected chi connectivity index (χ4v) is 0.556. The van der Waals surface area contributed by atoms with Crippen LogP contribution in [-0.4, -0.2) is 31.1 Å². The summed E-state index contributed by atoms with van der Waals surface area (Å²) in [5.41, 5.74) is 0. The first kappa shape index (κ1) is 8.59. The number of nitrogens with one attached hydrogen (secondary N) is 1. The number of aldehydes is 1. The van der Waals surface area contributed by atoms with Crippen molar-refractivity contribution in [2.45, 2.75) is 18.9 Å². The zero-order valence-corrected chi connectivity index (χ0v) is 5.63. The molecule has 0 amide bonds. The minimum Gasteiger partial charge on any atom is -0.386 e. The lowest BCUT2D eigenvalue weighted by Gasteiger charge is -2.00. The number of hydrogen-bond acceptors (Lipinski definition) is 3. The highest BCUT2D eigenvalue weighted by Crippen LogP contribution is 1.90. The van der Waals surface area contributed by atoms with E-state index in [2.05, 4.69) is 5.32 Å². The van der Waals surface area contributed by atoms with Crippen molar-refractivity contribution in [3.8, 4) is 0 Å². The molecule has 2 N–H and O–H groups in total. The quantitative estimate of drug-likeness (QED) is 0.392. The second-order valence-electron chi connectivity index (χ2n) is 1.95. The Labute approximate surface area is 55.1 Å². The highest BCUT2D eigenvalue weighted by molar-refractivity contribution is 5.55. The van der Waals surface area contributed by atoms with Crippen molar-refractivity contribution in [3.63, 3.8) is 0 Å². The van der Waals surface area contributed by atoms with Crippen LogP contribution in [0.2, 0.25) is 0 Å². The Balaban J connectivity index is 2.96. The van der Waals surface area contributed by atoms with Crippen LogP contribution in [0.3, 0.4) is 0 Å². The largest absolute Gasteiger partial charge is 0.386 e. The van der Waals surface area contributed by atoms with Crippen LogP contribution >= 0.6 is 0 Å². The van der Waals surface area contributed by atoms with E-state index >= 15 is 0 Å². The molecule has 1 atom stereocenters. The summed E-state index contributed by atoms with van der Waals surface area (Å²) in [5.74, 6) is 0. The maximum atomic E-state index is 9.83. The molecule has 0 aromatic rings. The van der Waals surface area contributed by atoms with E-state index in [1.54, 1.807) is 0 Å². The van der Waals surface area contributed by atoms with Crippen LogP contribution in [0.4, 0.5) is 0 Å². The normalized spacial score (nSPS) is 13.1. The van der Waals surface area contributed by atoms with E-state index in [1.807, 2.05) is 7.05 Å². The molecule has 3 nitrogen and oxygen atoms in total. The maximum absolute atomic E-state index is 9.83. The first-order valence-electron chi connectivity index (χ1n) is 3.09. The van der Waals surface area contributed by atoms with Crippen molar-refractivity contribution in [2.24, 2.45) is 0 Å². The summed E-state index contributed by atoms with van der Waals surface area (Å²) in [5, 5.41) is 11.6. The van der Waals surface area contributed by atoms with Crippen molar-refractivity contribution in [2.75, 3.05) is 13.6 Å². The van der Waals surface area contributed by atoms with E-state index in [4.69, 9.17) is 5.11 Å². The molecule has 54 valence electrons. The van der Waals surface area contributed by atoms with E-state index in [-0.39, 0.29) is 0 Å². The Morgan fingerprint density at radius 2 is 2.44 bits per heavy atom. The highest BCUT2D eigenvalue weighted by Gasteiger charge is 1.98. The van der Waals surface area contributed by atoms with Crippen LogP contribution in [0.1, 0.15) is 12.8 Å². The Kier molecular flexibility index (Phi) is 5.46. The van der Waals surface area contributed by atoms with Crippen molar-refractivity contribution in [1.82, 2.24) is 5.32 Å². The smallest absolute Gasteiger partial charge is 0.148 e. The molecule has 0 saturated carbocycles. The number of hydrogen-bond donors (Lipinski definition) is 2. The fourth-order valence-electron chi connectivity index (χ4n) is 0.556. The van der Waals surface area contributed by atoms with Gasteiger partial charge in [-0.05, 0) is 26.4 Å². The highest BCUT2D eigenvalue weighted by atomic mass is 16.3. The van der Waals surface area contributed by atoms with Crippen molar-refractivity contribution < 1.29 is 9.90 Å². The molecule has 0 aliphatic rings. The Morgan fingerprint density at radius 3 is 2.89 bits per heavy atom. The summed E-state index contributed by atoms with van der Waals surface area (Å²) in [6, 6.07) is 0. The minimum atomic E-state index is -0.765. The summed E-state index contributed by atoms with van der Waals surface area (Å²) in [6.45, 7) is 0.852.